The Labute approximate surface area is 197 Å². The van der Waals surface area contributed by atoms with Crippen LogP contribution in [0.1, 0.15) is 55.8 Å². The Balaban J connectivity index is 0.00000149. The third kappa shape index (κ3) is 6.19. The number of allylic oxidation sites excluding steroid dienone is 1. The molecule has 0 unspecified atom stereocenters. The average Bonchev–Trinajstić information content (AvgIpc) is 3.26. The summed E-state index contributed by atoms with van der Waals surface area (Å²) in [7, 11) is 0. The predicted molar refractivity (Wildman–Crippen MR) is 139 cm³/mol. The molecule has 170 valence electrons. The summed E-state index contributed by atoms with van der Waals surface area (Å²) in [6.07, 6.45) is 5.36. The smallest absolute Gasteiger partial charge is 0.299 e. The largest absolute Gasteiger partial charge is 0.428 e. The minimum atomic E-state index is 0.450. The molecule has 2 aromatic carbocycles. The first-order valence-electron chi connectivity index (χ1n) is 11.5. The van der Waals surface area contributed by atoms with Crippen LogP contribution in [0.2, 0.25) is 0 Å². The Kier molecular flexibility index (Phi) is 8.20. The number of hydrogen-bond acceptors (Lipinski definition) is 4. The highest BCUT2D eigenvalue weighted by molar-refractivity contribution is 5.78. The van der Waals surface area contributed by atoms with Crippen LogP contribution in [0.5, 0.6) is 0 Å². The van der Waals surface area contributed by atoms with Crippen LogP contribution in [-0.2, 0) is 12.8 Å². The Morgan fingerprint density at radius 2 is 1.70 bits per heavy atom. The van der Waals surface area contributed by atoms with Gasteiger partial charge in [-0.2, -0.15) is 0 Å². The highest BCUT2D eigenvalue weighted by Crippen LogP contribution is 2.30. The molecular formula is C29H33N3O. The quantitative estimate of drug-likeness (QED) is 0.317. The van der Waals surface area contributed by atoms with E-state index in [-0.39, 0.29) is 0 Å². The summed E-state index contributed by atoms with van der Waals surface area (Å²) in [5.74, 6) is 0.810. The van der Waals surface area contributed by atoms with E-state index in [0.717, 1.165) is 40.3 Å². The molecule has 0 aliphatic heterocycles. The summed E-state index contributed by atoms with van der Waals surface area (Å²) in [5, 5.41) is 3.31. The van der Waals surface area contributed by atoms with E-state index in [1.807, 2.05) is 27.0 Å². The van der Waals surface area contributed by atoms with Crippen molar-refractivity contribution in [1.29, 1.82) is 0 Å². The van der Waals surface area contributed by atoms with Gasteiger partial charge in [-0.3, -0.25) is 4.98 Å². The molecule has 0 bridgehead atoms. The number of aryl methyl sites for hydroxylation is 2. The van der Waals surface area contributed by atoms with Crippen LogP contribution in [0, 0.1) is 6.92 Å². The van der Waals surface area contributed by atoms with Crippen LogP contribution >= 0.6 is 0 Å². The van der Waals surface area contributed by atoms with Crippen molar-refractivity contribution in [3.05, 3.63) is 102 Å². The number of anilines is 2. The zero-order chi connectivity index (χ0) is 23.8. The zero-order valence-electron chi connectivity index (χ0n) is 20.3. The molecule has 0 saturated carbocycles. The fraction of sp³-hybridized carbons (Fsp3) is 0.241. The van der Waals surface area contributed by atoms with Gasteiger partial charge in [-0.1, -0.05) is 81.4 Å². The highest BCUT2D eigenvalue weighted by atomic mass is 16.4. The number of benzene rings is 2. The van der Waals surface area contributed by atoms with Crippen LogP contribution in [0.3, 0.4) is 0 Å². The van der Waals surface area contributed by atoms with E-state index in [4.69, 9.17) is 4.42 Å². The predicted octanol–water partition coefficient (Wildman–Crippen LogP) is 8.00. The maximum atomic E-state index is 5.97. The third-order valence-corrected chi connectivity index (χ3v) is 5.22. The Bertz CT molecular complexity index is 1220. The number of nitrogens with one attached hydrogen (secondary N) is 1. The van der Waals surface area contributed by atoms with E-state index in [1.54, 1.807) is 6.20 Å². The summed E-state index contributed by atoms with van der Waals surface area (Å²) < 4.78 is 5.97. The van der Waals surface area contributed by atoms with E-state index in [9.17, 15) is 0 Å². The van der Waals surface area contributed by atoms with Crippen molar-refractivity contribution in [3.8, 4) is 11.1 Å². The van der Waals surface area contributed by atoms with E-state index < -0.39 is 0 Å². The molecular weight excluding hydrogens is 406 g/mol. The lowest BCUT2D eigenvalue weighted by Gasteiger charge is -2.12. The van der Waals surface area contributed by atoms with Crippen molar-refractivity contribution in [2.24, 2.45) is 0 Å². The Morgan fingerprint density at radius 1 is 0.939 bits per heavy atom. The van der Waals surface area contributed by atoms with Gasteiger partial charge in [0.2, 0.25) is 0 Å². The van der Waals surface area contributed by atoms with Crippen molar-refractivity contribution in [1.82, 2.24) is 9.97 Å². The summed E-state index contributed by atoms with van der Waals surface area (Å²) in [6.45, 7) is 14.3. The molecule has 33 heavy (non-hydrogen) atoms. The minimum Gasteiger partial charge on any atom is -0.428 e. The van der Waals surface area contributed by atoms with Gasteiger partial charge < -0.3 is 9.73 Å². The standard InChI is InChI=1S/C27H27N3O.C2H6/c1-5-20-9-7-11-22(13-20)23-15-25(26(18(2)3)28-16-23)30-27-29-17-24(31-27)14-21-10-6-8-19(4)12-21;1-2/h6-13,15-17H,2,5,14H2,1,3-4H3,(H,29,30);1-2H3. The Hall–Kier alpha value is -3.66. The van der Waals surface area contributed by atoms with Crippen molar-refractivity contribution >= 4 is 17.3 Å². The van der Waals surface area contributed by atoms with Crippen molar-refractivity contribution < 1.29 is 4.42 Å². The number of aromatic nitrogens is 2. The van der Waals surface area contributed by atoms with Crippen LogP contribution in [0.25, 0.3) is 16.7 Å². The number of nitrogens with zero attached hydrogens (tertiary/aromatic N) is 2. The van der Waals surface area contributed by atoms with Gasteiger partial charge in [0.25, 0.3) is 6.01 Å². The first-order valence-corrected chi connectivity index (χ1v) is 11.5. The number of oxazole rings is 1. The molecule has 0 atom stereocenters. The third-order valence-electron chi connectivity index (χ3n) is 5.22. The van der Waals surface area contributed by atoms with E-state index in [0.29, 0.717) is 12.4 Å². The summed E-state index contributed by atoms with van der Waals surface area (Å²) in [6, 6.07) is 19.5. The zero-order valence-corrected chi connectivity index (χ0v) is 20.3. The van der Waals surface area contributed by atoms with Crippen LogP contribution < -0.4 is 5.32 Å². The lowest BCUT2D eigenvalue weighted by atomic mass is 10.0. The van der Waals surface area contributed by atoms with Crippen molar-refractivity contribution in [3.63, 3.8) is 0 Å². The second kappa shape index (κ2) is 11.3. The maximum absolute atomic E-state index is 5.97. The average molecular weight is 440 g/mol. The molecule has 0 spiro atoms. The molecule has 1 N–H and O–H groups in total. The van der Waals surface area contributed by atoms with Gasteiger partial charge in [0, 0.05) is 18.2 Å². The molecule has 4 nitrogen and oxygen atoms in total. The summed E-state index contributed by atoms with van der Waals surface area (Å²) in [5.41, 5.74) is 8.41. The normalized spacial score (nSPS) is 10.3. The molecule has 2 aromatic heterocycles. The van der Waals surface area contributed by atoms with Gasteiger partial charge in [-0.05, 0) is 48.6 Å². The molecule has 0 amide bonds. The first-order chi connectivity index (χ1) is 16.0. The SMILES string of the molecule is C=C(C)c1ncc(-c2cccc(CC)c2)cc1Nc1ncc(Cc2cccc(C)c2)o1.CC. The van der Waals surface area contributed by atoms with Gasteiger partial charge in [0.15, 0.2) is 0 Å². The minimum absolute atomic E-state index is 0.450. The molecule has 4 aromatic rings. The van der Waals surface area contributed by atoms with Crippen molar-refractivity contribution in [2.45, 2.75) is 47.5 Å². The van der Waals surface area contributed by atoms with Gasteiger partial charge in [-0.25, -0.2) is 4.98 Å². The second-order valence-electron chi connectivity index (χ2n) is 7.88. The lowest BCUT2D eigenvalue weighted by Crippen LogP contribution is -1.98. The van der Waals surface area contributed by atoms with Crippen LogP contribution in [-0.4, -0.2) is 9.97 Å². The molecule has 0 radical (unpaired) electrons. The van der Waals surface area contributed by atoms with E-state index in [2.05, 4.69) is 90.3 Å². The topological polar surface area (TPSA) is 51.0 Å². The van der Waals surface area contributed by atoms with Gasteiger partial charge in [0.1, 0.15) is 5.76 Å². The molecule has 0 aliphatic rings. The summed E-state index contributed by atoms with van der Waals surface area (Å²) in [4.78, 5) is 9.08. The van der Waals surface area contributed by atoms with Gasteiger partial charge in [-0.15, -0.1) is 0 Å². The Morgan fingerprint density at radius 3 is 2.42 bits per heavy atom. The molecule has 0 fully saturated rings. The molecule has 2 heterocycles. The van der Waals surface area contributed by atoms with Crippen LogP contribution in [0.4, 0.5) is 11.7 Å². The van der Waals surface area contributed by atoms with E-state index in [1.165, 1.54) is 16.7 Å². The number of pyridine rings is 1. The molecule has 4 rings (SSSR count). The van der Waals surface area contributed by atoms with E-state index >= 15 is 0 Å². The summed E-state index contributed by atoms with van der Waals surface area (Å²) >= 11 is 0. The van der Waals surface area contributed by atoms with Crippen molar-refractivity contribution in [2.75, 3.05) is 5.32 Å². The fourth-order valence-corrected chi connectivity index (χ4v) is 3.61. The highest BCUT2D eigenvalue weighted by Gasteiger charge is 2.12. The first kappa shape index (κ1) is 24.0. The molecule has 4 heteroatoms. The fourth-order valence-electron chi connectivity index (χ4n) is 3.61. The van der Waals surface area contributed by atoms with Gasteiger partial charge in [0.05, 0.1) is 17.6 Å². The molecule has 0 saturated heterocycles. The maximum Gasteiger partial charge on any atom is 0.299 e. The monoisotopic (exact) mass is 439 g/mol. The number of hydrogen-bond donors (Lipinski definition) is 1. The van der Waals surface area contributed by atoms with Crippen LogP contribution in [0.15, 0.2) is 78.0 Å². The second-order valence-corrected chi connectivity index (χ2v) is 7.88. The lowest BCUT2D eigenvalue weighted by molar-refractivity contribution is 0.532. The molecule has 0 aliphatic carbocycles. The number of rotatable bonds is 7. The van der Waals surface area contributed by atoms with Gasteiger partial charge >= 0.3 is 0 Å².